The molecule has 0 radical (unpaired) electrons. The molecule has 31 heavy (non-hydrogen) atoms. The smallest absolute Gasteiger partial charge is 0.324 e. The molecule has 10 heteroatoms. The summed E-state index contributed by atoms with van der Waals surface area (Å²) >= 11 is 0. The van der Waals surface area contributed by atoms with E-state index in [9.17, 15) is 18.0 Å². The van der Waals surface area contributed by atoms with Crippen molar-refractivity contribution in [3.05, 3.63) is 29.8 Å². The average Bonchev–Trinajstić information content (AvgIpc) is 3.28. The first-order valence-electron chi connectivity index (χ1n) is 10.2. The lowest BCUT2D eigenvalue weighted by molar-refractivity contribution is -0.157. The molecule has 172 valence electrons. The van der Waals surface area contributed by atoms with Gasteiger partial charge in [-0.1, -0.05) is 17.7 Å². The lowest BCUT2D eigenvalue weighted by atomic mass is 9.95. The van der Waals surface area contributed by atoms with Crippen LogP contribution in [0.25, 0.3) is 0 Å². The first-order valence-corrected chi connectivity index (χ1v) is 11.6. The van der Waals surface area contributed by atoms with Gasteiger partial charge in [0.25, 0.3) is 0 Å². The Bertz CT molecular complexity index is 927. The third kappa shape index (κ3) is 4.62. The molecule has 2 saturated heterocycles. The second-order valence-corrected chi connectivity index (χ2v) is 9.98. The monoisotopic (exact) mass is 455 g/mol. The van der Waals surface area contributed by atoms with Crippen LogP contribution >= 0.6 is 0 Å². The van der Waals surface area contributed by atoms with Crippen LogP contribution in [0.2, 0.25) is 0 Å². The summed E-state index contributed by atoms with van der Waals surface area (Å²) in [7, 11) is -2.99. The predicted octanol–water partition coefficient (Wildman–Crippen LogP) is 1.63. The number of methoxy groups -OCH3 is 1. The topological polar surface area (TPSA) is 108 Å². The van der Waals surface area contributed by atoms with Crippen LogP contribution in [0.3, 0.4) is 0 Å². The Morgan fingerprint density at radius 1 is 1.19 bits per heavy atom. The van der Waals surface area contributed by atoms with Gasteiger partial charge in [0, 0.05) is 0 Å². The van der Waals surface area contributed by atoms with E-state index in [1.807, 2.05) is 6.92 Å². The lowest BCUT2D eigenvalue weighted by Crippen LogP contribution is -2.52. The third-order valence-corrected chi connectivity index (χ3v) is 7.48. The first kappa shape index (κ1) is 23.6. The van der Waals surface area contributed by atoms with Gasteiger partial charge < -0.3 is 18.9 Å². The highest BCUT2D eigenvalue weighted by Crippen LogP contribution is 2.41. The minimum atomic E-state index is -4.18. The second kappa shape index (κ2) is 8.85. The highest BCUT2D eigenvalue weighted by molar-refractivity contribution is 7.89. The van der Waals surface area contributed by atoms with E-state index >= 15 is 0 Å². The molecule has 0 saturated carbocycles. The van der Waals surface area contributed by atoms with Gasteiger partial charge in [0.1, 0.15) is 12.1 Å². The number of ether oxygens (including phenoxy) is 4. The van der Waals surface area contributed by atoms with Crippen molar-refractivity contribution in [2.75, 3.05) is 20.3 Å². The van der Waals surface area contributed by atoms with Gasteiger partial charge in [-0.15, -0.1) is 0 Å². The van der Waals surface area contributed by atoms with Crippen LogP contribution in [-0.4, -0.2) is 69.0 Å². The molecule has 2 fully saturated rings. The average molecular weight is 456 g/mol. The Morgan fingerprint density at radius 2 is 1.84 bits per heavy atom. The van der Waals surface area contributed by atoms with Crippen LogP contribution < -0.4 is 0 Å². The van der Waals surface area contributed by atoms with E-state index in [1.54, 1.807) is 32.9 Å². The number of aryl methyl sites for hydroxylation is 1. The Hall–Kier alpha value is -2.01. The van der Waals surface area contributed by atoms with Gasteiger partial charge in [0.05, 0.1) is 37.2 Å². The molecule has 2 heterocycles. The van der Waals surface area contributed by atoms with Gasteiger partial charge in [0.2, 0.25) is 10.0 Å². The molecule has 1 aromatic carbocycles. The number of carbonyl (C=O) groups excluding carboxylic acids is 2. The number of hydrogen-bond donors (Lipinski definition) is 0. The Morgan fingerprint density at radius 3 is 2.35 bits per heavy atom. The summed E-state index contributed by atoms with van der Waals surface area (Å²) < 4.78 is 50.1. The summed E-state index contributed by atoms with van der Waals surface area (Å²) in [4.78, 5) is 25.4. The molecule has 2 aliphatic heterocycles. The van der Waals surface area contributed by atoms with Crippen LogP contribution in [0, 0.1) is 12.8 Å². The number of rotatable bonds is 6. The second-order valence-electron chi connectivity index (χ2n) is 8.14. The van der Waals surface area contributed by atoms with Crippen molar-refractivity contribution in [2.24, 2.45) is 5.92 Å². The molecule has 0 N–H and O–H groups in total. The van der Waals surface area contributed by atoms with Crippen LogP contribution in [0.15, 0.2) is 29.2 Å². The van der Waals surface area contributed by atoms with Crippen LogP contribution in [0.4, 0.5) is 0 Å². The van der Waals surface area contributed by atoms with Crippen molar-refractivity contribution >= 4 is 22.0 Å². The zero-order valence-corrected chi connectivity index (χ0v) is 19.2. The molecule has 0 spiro atoms. The molecule has 0 aliphatic carbocycles. The number of benzene rings is 1. The Balaban J connectivity index is 2.12. The number of nitrogens with zero attached hydrogens (tertiary/aromatic N) is 1. The molecule has 3 rings (SSSR count). The van der Waals surface area contributed by atoms with Gasteiger partial charge in [-0.25, -0.2) is 8.42 Å². The maximum Gasteiger partial charge on any atom is 0.324 e. The molecule has 0 unspecified atom stereocenters. The van der Waals surface area contributed by atoms with Gasteiger partial charge in [-0.3, -0.25) is 9.59 Å². The normalized spacial score (nSPS) is 28.4. The minimum Gasteiger partial charge on any atom is -0.468 e. The molecule has 9 nitrogen and oxygen atoms in total. The molecule has 0 aromatic heterocycles. The van der Waals surface area contributed by atoms with E-state index in [-0.39, 0.29) is 24.5 Å². The molecule has 0 amide bonds. The quantitative estimate of drug-likeness (QED) is 0.596. The third-order valence-electron chi connectivity index (χ3n) is 5.56. The van der Waals surface area contributed by atoms with Crippen molar-refractivity contribution in [1.82, 2.24) is 4.31 Å². The largest absolute Gasteiger partial charge is 0.468 e. The SMILES string of the molecule is CCOC(=O)[C@@H]1C[C@H](C(=O)OC)N(S(=O)(=O)c2ccc(C)cc2)[C@@H]1[C@H]1COC(C)(C)O1. The number of carbonyl (C=O) groups is 2. The standard InChI is InChI=1S/C21H29NO8S/c1-6-28-19(23)15-11-16(20(24)27-5)22(18(15)17-12-29-21(3,4)30-17)31(25,26)14-9-7-13(2)8-10-14/h7-10,15-18H,6,11-12H2,1-5H3/t15-,16-,17-,18+/m1/s1. The van der Waals surface area contributed by atoms with Crippen molar-refractivity contribution in [1.29, 1.82) is 0 Å². The fourth-order valence-electron chi connectivity index (χ4n) is 4.16. The maximum absolute atomic E-state index is 13.7. The van der Waals surface area contributed by atoms with Crippen LogP contribution in [0.1, 0.15) is 32.8 Å². The minimum absolute atomic E-state index is 0.0136. The molecule has 2 aliphatic rings. The zero-order valence-electron chi connectivity index (χ0n) is 18.4. The molecule has 1 aromatic rings. The van der Waals surface area contributed by atoms with Gasteiger partial charge in [-0.2, -0.15) is 4.31 Å². The molecular weight excluding hydrogens is 426 g/mol. The summed E-state index contributed by atoms with van der Waals surface area (Å²) in [6, 6.07) is 4.12. The van der Waals surface area contributed by atoms with E-state index in [1.165, 1.54) is 19.2 Å². The number of sulfonamides is 1. The van der Waals surface area contributed by atoms with E-state index in [2.05, 4.69) is 0 Å². The van der Waals surface area contributed by atoms with E-state index in [0.29, 0.717) is 0 Å². The van der Waals surface area contributed by atoms with Crippen molar-refractivity contribution in [3.8, 4) is 0 Å². The van der Waals surface area contributed by atoms with E-state index in [4.69, 9.17) is 18.9 Å². The molecule has 0 bridgehead atoms. The van der Waals surface area contributed by atoms with Crippen molar-refractivity contribution in [2.45, 2.75) is 63.0 Å². The van der Waals surface area contributed by atoms with Crippen molar-refractivity contribution < 1.29 is 37.0 Å². The lowest BCUT2D eigenvalue weighted by Gasteiger charge is -2.32. The highest BCUT2D eigenvalue weighted by atomic mass is 32.2. The summed E-state index contributed by atoms with van der Waals surface area (Å²) in [5.74, 6) is -3.19. The van der Waals surface area contributed by atoms with E-state index in [0.717, 1.165) is 9.87 Å². The highest BCUT2D eigenvalue weighted by Gasteiger charge is 2.58. The molecule has 4 atom stereocenters. The summed E-state index contributed by atoms with van der Waals surface area (Å²) in [5.41, 5.74) is 0.889. The number of hydrogen-bond acceptors (Lipinski definition) is 8. The van der Waals surface area contributed by atoms with E-state index < -0.39 is 51.9 Å². The van der Waals surface area contributed by atoms with Gasteiger partial charge >= 0.3 is 11.9 Å². The first-order chi connectivity index (χ1) is 14.5. The fraction of sp³-hybridized carbons (Fsp3) is 0.619. The summed E-state index contributed by atoms with van der Waals surface area (Å²) in [6.07, 6.45) is -0.832. The Kier molecular flexibility index (Phi) is 6.75. The van der Waals surface area contributed by atoms with Crippen molar-refractivity contribution in [3.63, 3.8) is 0 Å². The number of esters is 2. The predicted molar refractivity (Wildman–Crippen MR) is 109 cm³/mol. The fourth-order valence-corrected chi connectivity index (χ4v) is 5.99. The Labute approximate surface area is 182 Å². The van der Waals surface area contributed by atoms with Crippen LogP contribution in [-0.2, 0) is 38.6 Å². The van der Waals surface area contributed by atoms with Gasteiger partial charge in [-0.05, 0) is 46.2 Å². The molecular formula is C21H29NO8S. The summed E-state index contributed by atoms with van der Waals surface area (Å²) in [6.45, 7) is 7.12. The van der Waals surface area contributed by atoms with Crippen LogP contribution in [0.5, 0.6) is 0 Å². The zero-order chi connectivity index (χ0) is 23.0. The summed E-state index contributed by atoms with van der Waals surface area (Å²) in [5, 5.41) is 0. The van der Waals surface area contributed by atoms with Gasteiger partial charge in [0.15, 0.2) is 5.79 Å². The maximum atomic E-state index is 13.7.